The van der Waals surface area contributed by atoms with Crippen LogP contribution < -0.4 is 10.4 Å². The van der Waals surface area contributed by atoms with Gasteiger partial charge in [-0.2, -0.15) is 0 Å². The highest BCUT2D eigenvalue weighted by atomic mass is 28.3. The standard InChI is InChI=1S/C52H36N4Si/c1-57(2)48-24-14-11-21-40(48)41-28-29-43-49(51(41)57)50(33-15-5-3-6-16-33)54-52(53-43)56-45-23-13-10-20-38(45)42-31-34(26-30-46(42)56)35-25-27-39-37-19-9-12-22-44(37)55(47(39)32-35)36-17-7-4-8-18-36/h3-32H,1-2H3. The topological polar surface area (TPSA) is 35.6 Å². The Balaban J connectivity index is 1.08. The number of benzene rings is 8. The van der Waals surface area contributed by atoms with Gasteiger partial charge in [0.05, 0.1) is 33.3 Å². The molecule has 0 fully saturated rings. The van der Waals surface area contributed by atoms with Crippen LogP contribution in [0.15, 0.2) is 182 Å². The van der Waals surface area contributed by atoms with Gasteiger partial charge in [0.1, 0.15) is 8.07 Å². The van der Waals surface area contributed by atoms with Crippen LogP contribution in [0.4, 0.5) is 0 Å². The molecule has 3 aromatic heterocycles. The van der Waals surface area contributed by atoms with Gasteiger partial charge in [0.2, 0.25) is 5.95 Å². The first-order chi connectivity index (χ1) is 28.0. The van der Waals surface area contributed by atoms with Crippen LogP contribution in [-0.4, -0.2) is 27.2 Å². The number of hydrogen-bond donors (Lipinski definition) is 0. The highest BCUT2D eigenvalue weighted by Gasteiger charge is 2.40. The summed E-state index contributed by atoms with van der Waals surface area (Å²) in [6.45, 7) is 4.95. The Bertz CT molecular complexity index is 3430. The van der Waals surface area contributed by atoms with Gasteiger partial charge >= 0.3 is 0 Å². The first kappa shape index (κ1) is 32.2. The molecule has 1 aliphatic rings. The van der Waals surface area contributed by atoms with Crippen molar-refractivity contribution in [2.45, 2.75) is 13.1 Å². The predicted molar refractivity (Wildman–Crippen MR) is 241 cm³/mol. The van der Waals surface area contributed by atoms with Gasteiger partial charge in [0.25, 0.3) is 0 Å². The molecule has 0 N–H and O–H groups in total. The quantitative estimate of drug-likeness (QED) is 0.168. The Labute approximate surface area is 331 Å². The summed E-state index contributed by atoms with van der Waals surface area (Å²) in [6.07, 6.45) is 0. The van der Waals surface area contributed by atoms with Crippen LogP contribution in [0.2, 0.25) is 13.1 Å². The van der Waals surface area contributed by atoms with Crippen molar-refractivity contribution in [3.05, 3.63) is 182 Å². The second-order valence-corrected chi connectivity index (χ2v) is 20.1. The van der Waals surface area contributed by atoms with Crippen LogP contribution in [0.25, 0.3) is 99.7 Å². The van der Waals surface area contributed by atoms with Crippen molar-refractivity contribution in [3.8, 4) is 45.1 Å². The van der Waals surface area contributed by atoms with Crippen LogP contribution in [0.5, 0.6) is 0 Å². The van der Waals surface area contributed by atoms with E-state index >= 15 is 0 Å². The molecule has 0 unspecified atom stereocenters. The Kier molecular flexibility index (Phi) is 6.75. The molecular formula is C52H36N4Si. The third-order valence-electron chi connectivity index (χ3n) is 12.3. The predicted octanol–water partition coefficient (Wildman–Crippen LogP) is 12.0. The lowest BCUT2D eigenvalue weighted by Crippen LogP contribution is -2.49. The van der Waals surface area contributed by atoms with Crippen LogP contribution in [0.3, 0.4) is 0 Å². The molecule has 0 bridgehead atoms. The lowest BCUT2D eigenvalue weighted by atomic mass is 10.0. The minimum atomic E-state index is -2.06. The molecule has 0 spiro atoms. The summed E-state index contributed by atoms with van der Waals surface area (Å²) in [6, 6.07) is 66.0. The van der Waals surface area contributed by atoms with Crippen LogP contribution >= 0.6 is 0 Å². The maximum atomic E-state index is 5.57. The fraction of sp³-hybridized carbons (Fsp3) is 0.0385. The van der Waals surface area contributed by atoms with E-state index in [1.165, 1.54) is 70.6 Å². The third kappa shape index (κ3) is 4.60. The monoisotopic (exact) mass is 744 g/mol. The molecule has 57 heavy (non-hydrogen) atoms. The normalized spacial score (nSPS) is 13.2. The zero-order valence-corrected chi connectivity index (χ0v) is 32.6. The number of rotatable bonds is 4. The number of para-hydroxylation sites is 3. The summed E-state index contributed by atoms with van der Waals surface area (Å²) < 4.78 is 4.65. The summed E-state index contributed by atoms with van der Waals surface area (Å²) in [4.78, 5) is 11.0. The van der Waals surface area contributed by atoms with E-state index in [0.717, 1.165) is 33.5 Å². The maximum absolute atomic E-state index is 5.57. The number of hydrogen-bond acceptors (Lipinski definition) is 2. The van der Waals surface area contributed by atoms with E-state index < -0.39 is 8.07 Å². The molecule has 8 aromatic carbocycles. The average Bonchev–Trinajstić information content (AvgIpc) is 3.86. The molecule has 268 valence electrons. The Morgan fingerprint density at radius 2 is 1.04 bits per heavy atom. The molecule has 0 saturated heterocycles. The fourth-order valence-corrected chi connectivity index (χ4v) is 13.2. The van der Waals surface area contributed by atoms with Crippen molar-refractivity contribution in [2.24, 2.45) is 0 Å². The van der Waals surface area contributed by atoms with Crippen LogP contribution in [-0.2, 0) is 0 Å². The minimum absolute atomic E-state index is 0.684. The largest absolute Gasteiger partial charge is 0.309 e. The molecule has 12 rings (SSSR count). The fourth-order valence-electron chi connectivity index (χ4n) is 9.76. The van der Waals surface area contributed by atoms with Crippen LogP contribution in [0.1, 0.15) is 0 Å². The third-order valence-corrected chi connectivity index (χ3v) is 15.9. The van der Waals surface area contributed by atoms with Crippen molar-refractivity contribution in [1.82, 2.24) is 19.1 Å². The Hall–Kier alpha value is -7.08. The summed E-state index contributed by atoms with van der Waals surface area (Å²) in [7, 11) is -2.06. The van der Waals surface area contributed by atoms with Gasteiger partial charge in [0.15, 0.2) is 0 Å². The first-order valence-electron chi connectivity index (χ1n) is 19.7. The van der Waals surface area contributed by atoms with Gasteiger partial charge in [0, 0.05) is 38.2 Å². The number of fused-ring (bicyclic) bond motifs is 11. The van der Waals surface area contributed by atoms with Gasteiger partial charge in [-0.15, -0.1) is 0 Å². The van der Waals surface area contributed by atoms with Crippen molar-refractivity contribution >= 4 is 73.0 Å². The molecule has 5 heteroatoms. The average molecular weight is 745 g/mol. The first-order valence-corrected chi connectivity index (χ1v) is 22.7. The summed E-state index contributed by atoms with van der Waals surface area (Å²) >= 11 is 0. The van der Waals surface area contributed by atoms with Gasteiger partial charge in [-0.05, 0) is 81.2 Å². The van der Waals surface area contributed by atoms with Gasteiger partial charge in [-0.1, -0.05) is 147 Å². The Morgan fingerprint density at radius 1 is 0.421 bits per heavy atom. The van der Waals surface area contributed by atoms with E-state index in [2.05, 4.69) is 204 Å². The summed E-state index contributed by atoms with van der Waals surface area (Å²) in [5, 5.41) is 8.95. The lowest BCUT2D eigenvalue weighted by Gasteiger charge is -2.22. The zero-order chi connectivity index (χ0) is 37.8. The lowest BCUT2D eigenvalue weighted by molar-refractivity contribution is 1.01. The van der Waals surface area contributed by atoms with Gasteiger partial charge in [-0.25, -0.2) is 9.97 Å². The van der Waals surface area contributed by atoms with Gasteiger partial charge in [-0.3, -0.25) is 4.57 Å². The summed E-state index contributed by atoms with van der Waals surface area (Å²) in [5.41, 5.74) is 13.8. The molecule has 0 amide bonds. The molecule has 11 aromatic rings. The van der Waals surface area contributed by atoms with Crippen molar-refractivity contribution in [3.63, 3.8) is 0 Å². The molecule has 4 nitrogen and oxygen atoms in total. The Morgan fingerprint density at radius 3 is 1.84 bits per heavy atom. The molecule has 0 saturated carbocycles. The molecule has 1 aliphatic heterocycles. The second kappa shape index (κ2) is 12.0. The van der Waals surface area contributed by atoms with E-state index in [0.29, 0.717) is 5.95 Å². The smallest absolute Gasteiger partial charge is 0.235 e. The molecule has 0 aliphatic carbocycles. The van der Waals surface area contributed by atoms with Gasteiger partial charge < -0.3 is 4.57 Å². The second-order valence-electron chi connectivity index (χ2n) is 15.8. The molecular weight excluding hydrogens is 709 g/mol. The highest BCUT2D eigenvalue weighted by molar-refractivity contribution is 7.05. The molecule has 0 atom stereocenters. The van der Waals surface area contributed by atoms with Crippen molar-refractivity contribution < 1.29 is 0 Å². The number of aromatic nitrogens is 4. The zero-order valence-electron chi connectivity index (χ0n) is 31.6. The van der Waals surface area contributed by atoms with E-state index in [1.54, 1.807) is 0 Å². The molecule has 0 radical (unpaired) electrons. The van der Waals surface area contributed by atoms with Crippen LogP contribution in [0, 0.1) is 0 Å². The van der Waals surface area contributed by atoms with E-state index in [9.17, 15) is 0 Å². The number of nitrogens with zero attached hydrogens (tertiary/aromatic N) is 4. The summed E-state index contributed by atoms with van der Waals surface area (Å²) in [5.74, 6) is 0.684. The van der Waals surface area contributed by atoms with E-state index in [-0.39, 0.29) is 0 Å². The minimum Gasteiger partial charge on any atom is -0.309 e. The maximum Gasteiger partial charge on any atom is 0.235 e. The van der Waals surface area contributed by atoms with E-state index in [1.807, 2.05) is 0 Å². The van der Waals surface area contributed by atoms with Crippen molar-refractivity contribution in [1.29, 1.82) is 0 Å². The highest BCUT2D eigenvalue weighted by Crippen LogP contribution is 2.40. The SMILES string of the molecule is C[Si]1(C)c2ccccc2-c2ccc3nc(-n4c5ccccc5c5cc(-c6ccc7c8ccccc8n(-c8ccccc8)c7c6)ccc54)nc(-c4ccccc4)c3c21. The van der Waals surface area contributed by atoms with Crippen molar-refractivity contribution in [2.75, 3.05) is 0 Å². The molecule has 4 heterocycles. The van der Waals surface area contributed by atoms with E-state index in [4.69, 9.17) is 9.97 Å².